The molecule has 36 heavy (non-hydrogen) atoms. The number of halogens is 2. The highest BCUT2D eigenvalue weighted by atomic mass is 35.5. The van der Waals surface area contributed by atoms with Crippen LogP contribution >= 0.6 is 23.2 Å². The number of aromatic hydroxyl groups is 1. The van der Waals surface area contributed by atoms with Gasteiger partial charge < -0.3 is 20.9 Å². The van der Waals surface area contributed by atoms with E-state index in [1.807, 2.05) is 32.0 Å². The number of ether oxygens (including phenoxy) is 1. The molecule has 3 aromatic rings. The number of benzene rings is 2. The monoisotopic (exact) mass is 529 g/mol. The van der Waals surface area contributed by atoms with Gasteiger partial charge in [0, 0.05) is 24.0 Å². The lowest BCUT2D eigenvalue weighted by atomic mass is 9.91. The lowest BCUT2D eigenvalue weighted by Crippen LogP contribution is -2.32. The number of primary amides is 1. The van der Waals surface area contributed by atoms with E-state index in [2.05, 4.69) is 10.3 Å². The fourth-order valence-corrected chi connectivity index (χ4v) is 5.13. The minimum atomic E-state index is -0.755. The minimum absolute atomic E-state index is 0.0220. The molecule has 1 aromatic heterocycles. The Morgan fingerprint density at radius 3 is 2.39 bits per heavy atom. The van der Waals surface area contributed by atoms with Crippen molar-refractivity contribution < 1.29 is 19.4 Å². The van der Waals surface area contributed by atoms with E-state index in [1.54, 1.807) is 18.3 Å². The van der Waals surface area contributed by atoms with Gasteiger partial charge in [-0.1, -0.05) is 43.1 Å². The van der Waals surface area contributed by atoms with Gasteiger partial charge in [-0.05, 0) is 67.0 Å². The van der Waals surface area contributed by atoms with E-state index in [0.29, 0.717) is 24.8 Å². The molecule has 0 bridgehead atoms. The fraction of sp³-hybridized carbons (Fsp3) is 0.370. The highest BCUT2D eigenvalue weighted by Gasteiger charge is 2.26. The number of pyridine rings is 1. The van der Waals surface area contributed by atoms with Crippen LogP contribution < -0.4 is 11.1 Å². The number of phenols is 1. The number of carbonyl (C=O) groups is 2. The van der Waals surface area contributed by atoms with Gasteiger partial charge in [0.05, 0.1) is 26.8 Å². The van der Waals surface area contributed by atoms with Crippen molar-refractivity contribution in [1.82, 2.24) is 4.98 Å². The predicted octanol–water partition coefficient (Wildman–Crippen LogP) is 6.96. The second-order valence-electron chi connectivity index (χ2n) is 9.64. The first-order chi connectivity index (χ1) is 17.1. The van der Waals surface area contributed by atoms with Gasteiger partial charge in [-0.15, -0.1) is 0 Å². The van der Waals surface area contributed by atoms with Gasteiger partial charge in [-0.2, -0.15) is 0 Å². The highest BCUT2D eigenvalue weighted by Crippen LogP contribution is 2.39. The largest absolute Gasteiger partial charge is 0.505 e. The number of rotatable bonds is 7. The molecule has 9 heteroatoms. The Balaban J connectivity index is 1.75. The first-order valence-corrected chi connectivity index (χ1v) is 12.7. The number of aromatic nitrogens is 1. The molecule has 1 fully saturated rings. The van der Waals surface area contributed by atoms with Crippen LogP contribution in [0.4, 0.5) is 10.5 Å². The zero-order chi connectivity index (χ0) is 26.0. The van der Waals surface area contributed by atoms with Crippen LogP contribution in [0.1, 0.15) is 56.3 Å². The molecule has 1 aliphatic rings. The molecule has 2 aromatic carbocycles. The molecule has 0 unspecified atom stereocenters. The SMILES string of the molecule is CC(C)CC(=O)c1cnc2ccc(-c3cc(Cl)c(O)c(Cl)c3)cc2c1NC1CCC(OC(N)=O)CC1. The van der Waals surface area contributed by atoms with Gasteiger partial charge in [0.25, 0.3) is 0 Å². The van der Waals surface area contributed by atoms with E-state index >= 15 is 0 Å². The maximum absolute atomic E-state index is 13.2. The number of carbonyl (C=O) groups excluding carboxylic acids is 2. The molecule has 0 radical (unpaired) electrons. The summed E-state index contributed by atoms with van der Waals surface area (Å²) in [7, 11) is 0. The van der Waals surface area contributed by atoms with Crippen molar-refractivity contribution >= 4 is 51.7 Å². The molecule has 1 amide bonds. The highest BCUT2D eigenvalue weighted by molar-refractivity contribution is 6.37. The lowest BCUT2D eigenvalue weighted by Gasteiger charge is -2.30. The number of fused-ring (bicyclic) bond motifs is 1. The zero-order valence-electron chi connectivity index (χ0n) is 20.2. The number of phenolic OH excluding ortho intramolecular Hbond substituents is 1. The summed E-state index contributed by atoms with van der Waals surface area (Å²) < 4.78 is 5.17. The Morgan fingerprint density at radius 1 is 1.11 bits per heavy atom. The third kappa shape index (κ3) is 5.85. The molecular weight excluding hydrogens is 501 g/mol. The number of ketones is 1. The second-order valence-corrected chi connectivity index (χ2v) is 10.5. The molecule has 1 heterocycles. The number of nitrogens with two attached hydrogens (primary N) is 1. The number of anilines is 1. The Labute approximate surface area is 219 Å². The molecule has 0 spiro atoms. The maximum Gasteiger partial charge on any atom is 0.404 e. The number of hydrogen-bond donors (Lipinski definition) is 3. The van der Waals surface area contributed by atoms with Gasteiger partial charge in [0.15, 0.2) is 11.5 Å². The van der Waals surface area contributed by atoms with Gasteiger partial charge >= 0.3 is 6.09 Å². The average Bonchev–Trinajstić information content (AvgIpc) is 2.82. The van der Waals surface area contributed by atoms with Crippen molar-refractivity contribution in [3.63, 3.8) is 0 Å². The van der Waals surface area contributed by atoms with E-state index in [4.69, 9.17) is 33.7 Å². The van der Waals surface area contributed by atoms with Gasteiger partial charge in [-0.25, -0.2) is 4.79 Å². The Morgan fingerprint density at radius 2 is 1.78 bits per heavy atom. The molecule has 0 aliphatic heterocycles. The van der Waals surface area contributed by atoms with E-state index < -0.39 is 6.09 Å². The van der Waals surface area contributed by atoms with Gasteiger partial charge in [0.2, 0.25) is 0 Å². The average molecular weight is 530 g/mol. The molecule has 0 atom stereocenters. The molecule has 7 nitrogen and oxygen atoms in total. The lowest BCUT2D eigenvalue weighted by molar-refractivity contribution is 0.0805. The smallest absolute Gasteiger partial charge is 0.404 e. The normalized spacial score (nSPS) is 17.8. The fourth-order valence-electron chi connectivity index (χ4n) is 4.65. The van der Waals surface area contributed by atoms with Crippen molar-refractivity contribution in [3.8, 4) is 16.9 Å². The topological polar surface area (TPSA) is 115 Å². The number of Topliss-reactive ketones (excluding diaryl/α,β-unsaturated/α-hetero) is 1. The van der Waals surface area contributed by atoms with Crippen LogP contribution in [-0.4, -0.2) is 34.1 Å². The summed E-state index contributed by atoms with van der Waals surface area (Å²) in [5, 5.41) is 14.7. The summed E-state index contributed by atoms with van der Waals surface area (Å²) >= 11 is 12.3. The van der Waals surface area contributed by atoms with Crippen molar-refractivity contribution in [2.75, 3.05) is 5.32 Å². The Bertz CT molecular complexity index is 1280. The zero-order valence-corrected chi connectivity index (χ0v) is 21.7. The standard InChI is InChI=1S/C27H29Cl2N3O4/c1-14(2)9-24(33)20-13-31-23-8-3-15(16-11-21(28)26(34)22(29)12-16)10-19(23)25(20)32-17-4-6-18(7-5-17)36-27(30)35/h3,8,10-14,17-18,34H,4-7,9H2,1-2H3,(H2,30,35)(H,31,32). The van der Waals surface area contributed by atoms with Crippen molar-refractivity contribution in [1.29, 1.82) is 0 Å². The van der Waals surface area contributed by atoms with Crippen molar-refractivity contribution in [2.24, 2.45) is 11.7 Å². The van der Waals surface area contributed by atoms with Crippen LogP contribution in [0.5, 0.6) is 5.75 Å². The summed E-state index contributed by atoms with van der Waals surface area (Å²) in [5.74, 6) is 0.0632. The van der Waals surface area contributed by atoms with E-state index in [9.17, 15) is 14.7 Å². The van der Waals surface area contributed by atoms with Crippen LogP contribution in [0.15, 0.2) is 36.5 Å². The van der Waals surface area contributed by atoms with E-state index in [1.165, 1.54) is 0 Å². The first kappa shape index (κ1) is 26.0. The summed E-state index contributed by atoms with van der Waals surface area (Å²) in [6.07, 6.45) is 4.02. The summed E-state index contributed by atoms with van der Waals surface area (Å²) in [6.45, 7) is 4.02. The second kappa shape index (κ2) is 10.9. The third-order valence-corrected chi connectivity index (χ3v) is 6.99. The van der Waals surface area contributed by atoms with Crippen LogP contribution in [0.25, 0.3) is 22.0 Å². The van der Waals surface area contributed by atoms with Crippen LogP contribution in [0.3, 0.4) is 0 Å². The summed E-state index contributed by atoms with van der Waals surface area (Å²) in [5.41, 5.74) is 8.76. The van der Waals surface area contributed by atoms with Crippen molar-refractivity contribution in [3.05, 3.63) is 52.1 Å². The molecule has 1 aliphatic carbocycles. The predicted molar refractivity (Wildman–Crippen MR) is 143 cm³/mol. The van der Waals surface area contributed by atoms with Gasteiger partial charge in [0.1, 0.15) is 6.10 Å². The van der Waals surface area contributed by atoms with E-state index in [0.717, 1.165) is 40.6 Å². The van der Waals surface area contributed by atoms with E-state index in [-0.39, 0.29) is 39.6 Å². The van der Waals surface area contributed by atoms with Crippen LogP contribution in [-0.2, 0) is 4.74 Å². The number of hydrogen-bond acceptors (Lipinski definition) is 6. The summed E-state index contributed by atoms with van der Waals surface area (Å²) in [4.78, 5) is 28.9. The molecule has 4 rings (SSSR count). The van der Waals surface area contributed by atoms with Crippen molar-refractivity contribution in [2.45, 2.75) is 58.1 Å². The maximum atomic E-state index is 13.2. The van der Waals surface area contributed by atoms with Crippen LogP contribution in [0, 0.1) is 5.92 Å². The van der Waals surface area contributed by atoms with Gasteiger partial charge in [-0.3, -0.25) is 9.78 Å². The number of nitrogens with zero attached hydrogens (tertiary/aromatic N) is 1. The molecule has 190 valence electrons. The third-order valence-electron chi connectivity index (χ3n) is 6.42. The molecule has 1 saturated carbocycles. The Kier molecular flexibility index (Phi) is 7.91. The number of amides is 1. The first-order valence-electron chi connectivity index (χ1n) is 12.0. The number of nitrogens with one attached hydrogen (secondary N) is 1. The van der Waals surface area contributed by atoms with Crippen LogP contribution in [0.2, 0.25) is 10.0 Å². The molecule has 4 N–H and O–H groups in total. The summed E-state index contributed by atoms with van der Waals surface area (Å²) in [6, 6.07) is 9.14. The minimum Gasteiger partial charge on any atom is -0.505 e. The quantitative estimate of drug-likeness (QED) is 0.285. The molecule has 0 saturated heterocycles. The molecular formula is C27H29Cl2N3O4. The Hall–Kier alpha value is -3.03.